The van der Waals surface area contributed by atoms with Crippen molar-refractivity contribution < 1.29 is 9.69 Å². The summed E-state index contributed by atoms with van der Waals surface area (Å²) in [6, 6.07) is 18.4. The number of carbonyl (C=O) groups is 1. The third-order valence-corrected chi connectivity index (χ3v) is 5.40. The number of quaternary nitrogens is 1. The number of carbonyl (C=O) groups excluding carboxylic acids is 1. The van der Waals surface area contributed by atoms with Crippen molar-refractivity contribution in [1.82, 2.24) is 5.32 Å². The molecule has 0 aliphatic carbocycles. The number of rotatable bonds is 7. The number of piperazine rings is 1. The summed E-state index contributed by atoms with van der Waals surface area (Å²) in [5.74, 6) is 0.142. The van der Waals surface area contributed by atoms with Crippen molar-refractivity contribution in [2.75, 3.05) is 37.6 Å². The molecule has 0 spiro atoms. The predicted molar refractivity (Wildman–Crippen MR) is 111 cm³/mol. The highest BCUT2D eigenvalue weighted by Crippen LogP contribution is 2.19. The van der Waals surface area contributed by atoms with E-state index in [1.807, 2.05) is 36.4 Å². The lowest BCUT2D eigenvalue weighted by Gasteiger charge is -2.33. The number of amides is 1. The molecule has 144 valence electrons. The van der Waals surface area contributed by atoms with E-state index < -0.39 is 0 Å². The van der Waals surface area contributed by atoms with Gasteiger partial charge in [-0.2, -0.15) is 0 Å². The van der Waals surface area contributed by atoms with Gasteiger partial charge in [-0.05, 0) is 30.2 Å². The van der Waals surface area contributed by atoms with Crippen LogP contribution in [-0.4, -0.2) is 38.6 Å². The van der Waals surface area contributed by atoms with Gasteiger partial charge in [0.05, 0.1) is 32.2 Å². The van der Waals surface area contributed by atoms with Gasteiger partial charge in [-0.15, -0.1) is 0 Å². The summed E-state index contributed by atoms with van der Waals surface area (Å²) in [4.78, 5) is 16.3. The Labute approximate surface area is 167 Å². The van der Waals surface area contributed by atoms with E-state index in [4.69, 9.17) is 11.6 Å². The number of hydrogen-bond donors (Lipinski definition) is 2. The third kappa shape index (κ3) is 5.72. The van der Waals surface area contributed by atoms with E-state index >= 15 is 0 Å². The van der Waals surface area contributed by atoms with Crippen LogP contribution in [0.2, 0.25) is 5.02 Å². The Morgan fingerprint density at radius 1 is 1.15 bits per heavy atom. The molecule has 2 aromatic carbocycles. The Kier molecular flexibility index (Phi) is 7.13. The van der Waals surface area contributed by atoms with E-state index in [1.54, 1.807) is 0 Å². The first-order valence-electron chi connectivity index (χ1n) is 9.84. The maximum atomic E-state index is 12.6. The van der Waals surface area contributed by atoms with Gasteiger partial charge in [-0.3, -0.25) is 4.79 Å². The van der Waals surface area contributed by atoms with Crippen molar-refractivity contribution in [3.8, 4) is 0 Å². The largest absolute Gasteiger partial charge is 0.360 e. The zero-order valence-electron chi connectivity index (χ0n) is 16.0. The number of anilines is 1. The van der Waals surface area contributed by atoms with Crippen LogP contribution in [0.25, 0.3) is 0 Å². The fraction of sp³-hybridized carbons (Fsp3) is 0.409. The molecule has 27 heavy (non-hydrogen) atoms. The Hall–Kier alpha value is -2.04. The molecule has 0 unspecified atom stereocenters. The van der Waals surface area contributed by atoms with Gasteiger partial charge < -0.3 is 15.1 Å². The standard InChI is InChI=1S/C22H28ClN3O/c1-2-7-21(18-8-4-3-5-9-18)24-22(27)17-25-12-14-26(15-13-25)20-11-6-10-19(23)16-20/h3-6,8-11,16,21H,2,7,12-15,17H2,1H3,(H,24,27)/p+1/t21-/m1/s1. The number of halogens is 1. The normalized spacial score (nSPS) is 16.1. The molecule has 0 radical (unpaired) electrons. The van der Waals surface area contributed by atoms with E-state index in [0.717, 1.165) is 49.7 Å². The zero-order valence-corrected chi connectivity index (χ0v) is 16.7. The fourth-order valence-corrected chi connectivity index (χ4v) is 3.88. The van der Waals surface area contributed by atoms with E-state index in [1.165, 1.54) is 10.5 Å². The molecule has 5 heteroatoms. The van der Waals surface area contributed by atoms with Crippen LogP contribution < -0.4 is 15.1 Å². The van der Waals surface area contributed by atoms with Gasteiger partial charge in [-0.1, -0.05) is 61.3 Å². The molecule has 1 fully saturated rings. The second-order valence-corrected chi connectivity index (χ2v) is 7.65. The fourth-order valence-electron chi connectivity index (χ4n) is 3.70. The molecule has 2 N–H and O–H groups in total. The van der Waals surface area contributed by atoms with E-state index in [9.17, 15) is 4.79 Å². The molecule has 3 rings (SSSR count). The van der Waals surface area contributed by atoms with Crippen molar-refractivity contribution in [3.05, 3.63) is 65.2 Å². The van der Waals surface area contributed by atoms with Crippen LogP contribution in [0.15, 0.2) is 54.6 Å². The van der Waals surface area contributed by atoms with Gasteiger partial charge in [0.15, 0.2) is 6.54 Å². The zero-order chi connectivity index (χ0) is 19.1. The Morgan fingerprint density at radius 3 is 2.56 bits per heavy atom. The van der Waals surface area contributed by atoms with Crippen molar-refractivity contribution in [2.45, 2.75) is 25.8 Å². The maximum Gasteiger partial charge on any atom is 0.275 e. The van der Waals surface area contributed by atoms with Crippen LogP contribution >= 0.6 is 11.6 Å². The molecular formula is C22H29ClN3O+. The van der Waals surface area contributed by atoms with E-state index in [0.29, 0.717) is 6.54 Å². The van der Waals surface area contributed by atoms with Crippen LogP contribution in [0, 0.1) is 0 Å². The molecule has 1 saturated heterocycles. The monoisotopic (exact) mass is 386 g/mol. The quantitative estimate of drug-likeness (QED) is 0.767. The lowest BCUT2D eigenvalue weighted by atomic mass is 10.0. The maximum absolute atomic E-state index is 12.6. The molecular weight excluding hydrogens is 358 g/mol. The second-order valence-electron chi connectivity index (χ2n) is 7.21. The summed E-state index contributed by atoms with van der Waals surface area (Å²) < 4.78 is 0. The molecule has 1 atom stereocenters. The summed E-state index contributed by atoms with van der Waals surface area (Å²) in [5.41, 5.74) is 2.35. The number of benzene rings is 2. The lowest BCUT2D eigenvalue weighted by Crippen LogP contribution is -3.16. The van der Waals surface area contributed by atoms with Crippen LogP contribution in [0.3, 0.4) is 0 Å². The van der Waals surface area contributed by atoms with E-state index in [2.05, 4.69) is 35.3 Å². The molecule has 0 saturated carbocycles. The minimum absolute atomic E-state index is 0.107. The molecule has 1 amide bonds. The summed E-state index contributed by atoms with van der Waals surface area (Å²) >= 11 is 6.10. The van der Waals surface area contributed by atoms with Crippen molar-refractivity contribution >= 4 is 23.2 Å². The van der Waals surface area contributed by atoms with Crippen LogP contribution in [0.4, 0.5) is 5.69 Å². The van der Waals surface area contributed by atoms with Gasteiger partial charge in [0.2, 0.25) is 0 Å². The Balaban J connectivity index is 1.50. The SMILES string of the molecule is CCC[C@@H](NC(=O)C[NH+]1CCN(c2cccc(Cl)c2)CC1)c1ccccc1. The number of nitrogens with zero attached hydrogens (tertiary/aromatic N) is 1. The highest BCUT2D eigenvalue weighted by atomic mass is 35.5. The first kappa shape index (κ1) is 19.7. The second kappa shape index (κ2) is 9.77. The van der Waals surface area contributed by atoms with Gasteiger partial charge in [0, 0.05) is 10.7 Å². The van der Waals surface area contributed by atoms with Crippen LogP contribution in [0.1, 0.15) is 31.4 Å². The average molecular weight is 387 g/mol. The lowest BCUT2D eigenvalue weighted by molar-refractivity contribution is -0.892. The first-order valence-corrected chi connectivity index (χ1v) is 10.2. The minimum Gasteiger partial charge on any atom is -0.360 e. The Morgan fingerprint density at radius 2 is 1.89 bits per heavy atom. The molecule has 0 aromatic heterocycles. The topological polar surface area (TPSA) is 36.8 Å². The molecule has 4 nitrogen and oxygen atoms in total. The van der Waals surface area contributed by atoms with Gasteiger partial charge in [0.1, 0.15) is 0 Å². The Bertz CT molecular complexity index is 729. The van der Waals surface area contributed by atoms with Crippen molar-refractivity contribution in [3.63, 3.8) is 0 Å². The first-order chi connectivity index (χ1) is 13.2. The number of hydrogen-bond acceptors (Lipinski definition) is 2. The van der Waals surface area contributed by atoms with Gasteiger partial charge >= 0.3 is 0 Å². The number of nitrogens with one attached hydrogen (secondary N) is 2. The van der Waals surface area contributed by atoms with Gasteiger partial charge in [0.25, 0.3) is 5.91 Å². The van der Waals surface area contributed by atoms with Gasteiger partial charge in [-0.25, -0.2) is 0 Å². The smallest absolute Gasteiger partial charge is 0.275 e. The molecule has 2 aromatic rings. The summed E-state index contributed by atoms with van der Waals surface area (Å²) in [7, 11) is 0. The van der Waals surface area contributed by atoms with Crippen molar-refractivity contribution in [1.29, 1.82) is 0 Å². The molecule has 1 aliphatic rings. The van der Waals surface area contributed by atoms with Crippen LogP contribution in [0.5, 0.6) is 0 Å². The minimum atomic E-state index is 0.107. The summed E-state index contributed by atoms with van der Waals surface area (Å²) in [6.45, 7) is 6.51. The van der Waals surface area contributed by atoms with E-state index in [-0.39, 0.29) is 11.9 Å². The average Bonchev–Trinajstić information content (AvgIpc) is 2.69. The third-order valence-electron chi connectivity index (χ3n) is 5.17. The molecule has 1 aliphatic heterocycles. The highest BCUT2D eigenvalue weighted by Gasteiger charge is 2.23. The molecule has 0 bridgehead atoms. The predicted octanol–water partition coefficient (Wildman–Crippen LogP) is 2.70. The van der Waals surface area contributed by atoms with Crippen LogP contribution in [-0.2, 0) is 4.79 Å². The highest BCUT2D eigenvalue weighted by molar-refractivity contribution is 6.30. The molecule has 1 heterocycles. The summed E-state index contributed by atoms with van der Waals surface area (Å²) in [5, 5.41) is 4.01. The van der Waals surface area contributed by atoms with Crippen molar-refractivity contribution in [2.24, 2.45) is 0 Å². The summed E-state index contributed by atoms with van der Waals surface area (Å²) in [6.07, 6.45) is 2.01.